The number of hydrogen-bond acceptors (Lipinski definition) is 2. The average molecular weight is 224 g/mol. The molecule has 0 aliphatic carbocycles. The summed E-state index contributed by atoms with van der Waals surface area (Å²) in [6.45, 7) is 3.53. The molecule has 0 bridgehead atoms. The van der Waals surface area contributed by atoms with Crippen molar-refractivity contribution in [1.82, 2.24) is 5.32 Å². The van der Waals surface area contributed by atoms with Crippen molar-refractivity contribution < 1.29 is 0 Å². The second kappa shape index (κ2) is 3.23. The Morgan fingerprint density at radius 3 is 2.53 bits per heavy atom. The Hall–Kier alpha value is -1.54. The topological polar surface area (TPSA) is 15.3 Å². The third kappa shape index (κ3) is 1.31. The molecule has 2 aliphatic heterocycles. The molecule has 86 valence electrons. The maximum absolute atomic E-state index is 3.56. The molecule has 1 N–H and O–H groups in total. The molecular formula is C15H16N2. The number of fused-ring (bicyclic) bond motifs is 1. The lowest BCUT2D eigenvalue weighted by molar-refractivity contribution is 0.160. The van der Waals surface area contributed by atoms with Gasteiger partial charge in [-0.05, 0) is 24.4 Å². The van der Waals surface area contributed by atoms with E-state index in [-0.39, 0.29) is 0 Å². The first-order valence-electron chi connectivity index (χ1n) is 6.34. The highest BCUT2D eigenvalue weighted by Gasteiger charge is 2.47. The van der Waals surface area contributed by atoms with Crippen LogP contribution in [-0.2, 0) is 0 Å². The standard InChI is InChI=1S/C15H16N2/c1-2-6-13-12(4-1)5-3-7-14(13)17-10-15(11-17)8-9-16-15/h1-7,16H,8-11H2. The van der Waals surface area contributed by atoms with Crippen LogP contribution in [0.1, 0.15) is 6.42 Å². The largest absolute Gasteiger partial charge is 0.367 e. The molecule has 0 atom stereocenters. The van der Waals surface area contributed by atoms with Gasteiger partial charge in [-0.15, -0.1) is 0 Å². The van der Waals surface area contributed by atoms with Crippen molar-refractivity contribution in [3.63, 3.8) is 0 Å². The third-order valence-electron chi connectivity index (χ3n) is 4.20. The van der Waals surface area contributed by atoms with Crippen LogP contribution in [-0.4, -0.2) is 25.2 Å². The highest BCUT2D eigenvalue weighted by molar-refractivity contribution is 5.94. The van der Waals surface area contributed by atoms with Gasteiger partial charge in [-0.25, -0.2) is 0 Å². The lowest BCUT2D eigenvalue weighted by Gasteiger charge is -2.57. The molecule has 0 aromatic heterocycles. The van der Waals surface area contributed by atoms with Gasteiger partial charge in [0.05, 0.1) is 5.54 Å². The van der Waals surface area contributed by atoms with Crippen LogP contribution in [0, 0.1) is 0 Å². The average Bonchev–Trinajstić information content (AvgIpc) is 2.26. The Labute approximate surface area is 101 Å². The zero-order chi connectivity index (χ0) is 11.3. The molecular weight excluding hydrogens is 208 g/mol. The minimum absolute atomic E-state index is 0.455. The predicted octanol–water partition coefficient (Wildman–Crippen LogP) is 2.39. The van der Waals surface area contributed by atoms with Crippen molar-refractivity contribution in [3.8, 4) is 0 Å². The van der Waals surface area contributed by atoms with Gasteiger partial charge in [0.1, 0.15) is 0 Å². The van der Waals surface area contributed by atoms with Gasteiger partial charge in [-0.3, -0.25) is 0 Å². The minimum atomic E-state index is 0.455. The SMILES string of the molecule is c1ccc2c(N3CC4(CCN4)C3)cccc2c1. The summed E-state index contributed by atoms with van der Waals surface area (Å²) in [5.41, 5.74) is 1.85. The molecule has 2 nitrogen and oxygen atoms in total. The quantitative estimate of drug-likeness (QED) is 0.800. The van der Waals surface area contributed by atoms with E-state index in [0.29, 0.717) is 5.54 Å². The maximum atomic E-state index is 3.56. The summed E-state index contributed by atoms with van der Waals surface area (Å²) in [7, 11) is 0. The Balaban J connectivity index is 1.72. The van der Waals surface area contributed by atoms with Gasteiger partial charge in [0, 0.05) is 24.2 Å². The fraction of sp³-hybridized carbons (Fsp3) is 0.333. The van der Waals surface area contributed by atoms with Gasteiger partial charge in [0.2, 0.25) is 0 Å². The van der Waals surface area contributed by atoms with Gasteiger partial charge in [0.25, 0.3) is 0 Å². The molecule has 4 rings (SSSR count). The second-order valence-electron chi connectivity index (χ2n) is 5.31. The van der Waals surface area contributed by atoms with Gasteiger partial charge in [-0.1, -0.05) is 36.4 Å². The summed E-state index contributed by atoms with van der Waals surface area (Å²) in [6, 6.07) is 15.3. The summed E-state index contributed by atoms with van der Waals surface area (Å²) in [6.07, 6.45) is 1.34. The van der Waals surface area contributed by atoms with Crippen molar-refractivity contribution >= 4 is 16.5 Å². The smallest absolute Gasteiger partial charge is 0.0547 e. The van der Waals surface area contributed by atoms with E-state index < -0.39 is 0 Å². The summed E-state index contributed by atoms with van der Waals surface area (Å²) >= 11 is 0. The first kappa shape index (κ1) is 9.49. The number of anilines is 1. The van der Waals surface area contributed by atoms with E-state index in [9.17, 15) is 0 Å². The molecule has 0 saturated carbocycles. The molecule has 2 aliphatic rings. The molecule has 0 amide bonds. The predicted molar refractivity (Wildman–Crippen MR) is 71.5 cm³/mol. The first-order valence-corrected chi connectivity index (χ1v) is 6.34. The van der Waals surface area contributed by atoms with Crippen LogP contribution in [0.3, 0.4) is 0 Å². The zero-order valence-electron chi connectivity index (χ0n) is 9.82. The van der Waals surface area contributed by atoms with Crippen LogP contribution in [0.15, 0.2) is 42.5 Å². The highest BCUT2D eigenvalue weighted by atomic mass is 15.3. The van der Waals surface area contributed by atoms with Crippen LogP contribution < -0.4 is 10.2 Å². The molecule has 2 heterocycles. The molecule has 2 heteroatoms. The number of rotatable bonds is 1. The monoisotopic (exact) mass is 224 g/mol. The van der Waals surface area contributed by atoms with Crippen molar-refractivity contribution in [2.24, 2.45) is 0 Å². The number of hydrogen-bond donors (Lipinski definition) is 1. The normalized spacial score (nSPS) is 21.3. The van der Waals surface area contributed by atoms with E-state index in [0.717, 1.165) is 0 Å². The number of nitrogens with one attached hydrogen (secondary N) is 1. The minimum Gasteiger partial charge on any atom is -0.367 e. The molecule has 0 radical (unpaired) electrons. The molecule has 2 fully saturated rings. The highest BCUT2D eigenvalue weighted by Crippen LogP contribution is 2.37. The summed E-state index contributed by atoms with van der Waals surface area (Å²) in [4.78, 5) is 2.49. The van der Waals surface area contributed by atoms with E-state index in [4.69, 9.17) is 0 Å². The summed E-state index contributed by atoms with van der Waals surface area (Å²) in [5.74, 6) is 0. The second-order valence-corrected chi connectivity index (χ2v) is 5.31. The fourth-order valence-electron chi connectivity index (χ4n) is 3.09. The van der Waals surface area contributed by atoms with Crippen molar-refractivity contribution in [2.45, 2.75) is 12.0 Å². The lowest BCUT2D eigenvalue weighted by atomic mass is 9.80. The van der Waals surface area contributed by atoms with Crippen LogP contribution in [0.25, 0.3) is 10.8 Å². The molecule has 2 saturated heterocycles. The van der Waals surface area contributed by atoms with Crippen molar-refractivity contribution in [3.05, 3.63) is 42.5 Å². The number of benzene rings is 2. The Kier molecular flexibility index (Phi) is 1.80. The number of nitrogens with zero attached hydrogens (tertiary/aromatic N) is 1. The molecule has 2 aromatic rings. The Bertz CT molecular complexity index is 559. The van der Waals surface area contributed by atoms with E-state index in [1.807, 2.05) is 0 Å². The van der Waals surface area contributed by atoms with E-state index in [1.54, 1.807) is 0 Å². The third-order valence-corrected chi connectivity index (χ3v) is 4.20. The van der Waals surface area contributed by atoms with Gasteiger partial charge in [-0.2, -0.15) is 0 Å². The first-order chi connectivity index (χ1) is 8.36. The summed E-state index contributed by atoms with van der Waals surface area (Å²) in [5, 5.41) is 6.28. The zero-order valence-corrected chi connectivity index (χ0v) is 9.82. The van der Waals surface area contributed by atoms with Crippen molar-refractivity contribution in [1.29, 1.82) is 0 Å². The van der Waals surface area contributed by atoms with Crippen molar-refractivity contribution in [2.75, 3.05) is 24.5 Å². The lowest BCUT2D eigenvalue weighted by Crippen LogP contribution is -2.75. The molecule has 2 aromatic carbocycles. The fourth-order valence-corrected chi connectivity index (χ4v) is 3.09. The van der Waals surface area contributed by atoms with Crippen LogP contribution in [0.5, 0.6) is 0 Å². The Morgan fingerprint density at radius 2 is 1.76 bits per heavy atom. The summed E-state index contributed by atoms with van der Waals surface area (Å²) < 4.78 is 0. The maximum Gasteiger partial charge on any atom is 0.0547 e. The molecule has 0 unspecified atom stereocenters. The van der Waals surface area contributed by atoms with E-state index in [1.165, 1.54) is 42.5 Å². The van der Waals surface area contributed by atoms with Crippen LogP contribution in [0.2, 0.25) is 0 Å². The van der Waals surface area contributed by atoms with E-state index in [2.05, 4.69) is 52.7 Å². The van der Waals surface area contributed by atoms with Gasteiger partial charge in [0.15, 0.2) is 0 Å². The Morgan fingerprint density at radius 1 is 1.00 bits per heavy atom. The van der Waals surface area contributed by atoms with Crippen LogP contribution in [0.4, 0.5) is 5.69 Å². The van der Waals surface area contributed by atoms with E-state index >= 15 is 0 Å². The van der Waals surface area contributed by atoms with Gasteiger partial charge >= 0.3 is 0 Å². The molecule has 17 heavy (non-hydrogen) atoms. The molecule has 1 spiro atoms. The van der Waals surface area contributed by atoms with Gasteiger partial charge < -0.3 is 10.2 Å². The van der Waals surface area contributed by atoms with Crippen LogP contribution >= 0.6 is 0 Å².